The zero-order valence-electron chi connectivity index (χ0n) is 9.30. The Morgan fingerprint density at radius 1 is 1.56 bits per heavy atom. The summed E-state index contributed by atoms with van der Waals surface area (Å²) in [5.41, 5.74) is 5.23. The molecule has 16 heavy (non-hydrogen) atoms. The third-order valence-corrected chi connectivity index (χ3v) is 3.80. The lowest BCUT2D eigenvalue weighted by molar-refractivity contribution is -0.129. The average Bonchev–Trinajstić information content (AvgIpc) is 2.82. The van der Waals surface area contributed by atoms with E-state index in [1.807, 2.05) is 13.8 Å². The first-order valence-corrected chi connectivity index (χ1v) is 6.02. The van der Waals surface area contributed by atoms with Crippen molar-refractivity contribution in [1.82, 2.24) is 5.32 Å². The zero-order chi connectivity index (χ0) is 12.5. The number of primary amides is 1. The molecule has 0 saturated heterocycles. The van der Waals surface area contributed by atoms with Crippen LogP contribution in [-0.4, -0.2) is 22.2 Å². The van der Waals surface area contributed by atoms with Crippen LogP contribution in [0, 0.1) is 11.8 Å². The number of alkyl halides is 2. The van der Waals surface area contributed by atoms with Crippen molar-refractivity contribution in [2.45, 2.75) is 37.1 Å². The summed E-state index contributed by atoms with van der Waals surface area (Å²) in [5, 5.41) is 2.60. The van der Waals surface area contributed by atoms with Gasteiger partial charge in [-0.3, -0.25) is 9.59 Å². The third kappa shape index (κ3) is 3.01. The molecule has 0 spiro atoms. The van der Waals surface area contributed by atoms with Gasteiger partial charge in [-0.2, -0.15) is 0 Å². The summed E-state index contributed by atoms with van der Waals surface area (Å²) in [7, 11) is 0. The lowest BCUT2D eigenvalue weighted by Crippen LogP contribution is -2.49. The fourth-order valence-corrected chi connectivity index (χ4v) is 1.99. The van der Waals surface area contributed by atoms with Gasteiger partial charge in [-0.15, -0.1) is 23.2 Å². The highest BCUT2D eigenvalue weighted by atomic mass is 35.5. The Morgan fingerprint density at radius 2 is 2.06 bits per heavy atom. The molecule has 0 aromatic carbocycles. The maximum atomic E-state index is 11.7. The number of rotatable bonds is 5. The molecule has 0 aromatic rings. The number of nitrogens with two attached hydrogens (primary N) is 1. The number of halogens is 2. The van der Waals surface area contributed by atoms with E-state index in [2.05, 4.69) is 5.32 Å². The second-order valence-electron chi connectivity index (χ2n) is 4.29. The summed E-state index contributed by atoms with van der Waals surface area (Å²) in [6, 6.07) is -0.651. The standard InChI is InChI=1S/C10H16Cl2N2O2/c1-3-5(2)7(8(13)15)14-9(16)6-4-10(6,11)12/h5-7H,3-4H2,1-2H3,(H2,13,15)(H,14,16). The fourth-order valence-electron chi connectivity index (χ4n) is 1.48. The van der Waals surface area contributed by atoms with Gasteiger partial charge in [0.1, 0.15) is 10.4 Å². The second-order valence-corrected chi connectivity index (χ2v) is 5.83. The minimum Gasteiger partial charge on any atom is -0.368 e. The maximum Gasteiger partial charge on any atom is 0.240 e. The van der Waals surface area contributed by atoms with Gasteiger partial charge in [-0.25, -0.2) is 0 Å². The minimum atomic E-state index is -0.971. The number of hydrogen-bond donors (Lipinski definition) is 2. The normalized spacial score (nSPS) is 25.6. The number of carbonyl (C=O) groups excluding carboxylic acids is 2. The first-order chi connectivity index (χ1) is 7.29. The molecule has 0 radical (unpaired) electrons. The quantitative estimate of drug-likeness (QED) is 0.734. The lowest BCUT2D eigenvalue weighted by Gasteiger charge is -2.21. The van der Waals surface area contributed by atoms with E-state index in [1.54, 1.807) is 0 Å². The van der Waals surface area contributed by atoms with Gasteiger partial charge in [0.15, 0.2) is 0 Å². The molecule has 1 fully saturated rings. The van der Waals surface area contributed by atoms with Crippen LogP contribution in [0.2, 0.25) is 0 Å². The maximum absolute atomic E-state index is 11.7. The van der Waals surface area contributed by atoms with Gasteiger partial charge in [-0.05, 0) is 12.3 Å². The van der Waals surface area contributed by atoms with Crippen molar-refractivity contribution < 1.29 is 9.59 Å². The Labute approximate surface area is 105 Å². The Balaban J connectivity index is 2.56. The van der Waals surface area contributed by atoms with Crippen LogP contribution in [0.25, 0.3) is 0 Å². The second kappa shape index (κ2) is 4.80. The monoisotopic (exact) mass is 266 g/mol. The van der Waals surface area contributed by atoms with Gasteiger partial charge in [0.05, 0.1) is 5.92 Å². The molecule has 3 atom stereocenters. The minimum absolute atomic E-state index is 0.000232. The van der Waals surface area contributed by atoms with Gasteiger partial charge in [0.25, 0.3) is 0 Å². The highest BCUT2D eigenvalue weighted by Crippen LogP contribution is 2.53. The van der Waals surface area contributed by atoms with Crippen LogP contribution in [0.3, 0.4) is 0 Å². The van der Waals surface area contributed by atoms with Crippen LogP contribution in [0.1, 0.15) is 26.7 Å². The Morgan fingerprint density at radius 3 is 2.38 bits per heavy atom. The number of nitrogens with one attached hydrogen (secondary N) is 1. The molecule has 1 rings (SSSR count). The van der Waals surface area contributed by atoms with Gasteiger partial charge in [-0.1, -0.05) is 20.3 Å². The van der Waals surface area contributed by atoms with Crippen molar-refractivity contribution in [3.8, 4) is 0 Å². The molecular formula is C10H16Cl2N2O2. The molecule has 4 nitrogen and oxygen atoms in total. The molecule has 1 aliphatic carbocycles. The van der Waals surface area contributed by atoms with E-state index in [1.165, 1.54) is 0 Å². The number of carbonyl (C=O) groups is 2. The van der Waals surface area contributed by atoms with Crippen molar-refractivity contribution in [1.29, 1.82) is 0 Å². The lowest BCUT2D eigenvalue weighted by atomic mass is 9.98. The molecule has 0 aliphatic heterocycles. The van der Waals surface area contributed by atoms with E-state index in [9.17, 15) is 9.59 Å². The van der Waals surface area contributed by atoms with Crippen LogP contribution < -0.4 is 11.1 Å². The summed E-state index contributed by atoms with van der Waals surface area (Å²) >= 11 is 11.5. The molecular weight excluding hydrogens is 251 g/mol. The highest BCUT2D eigenvalue weighted by molar-refractivity contribution is 6.52. The highest BCUT2D eigenvalue weighted by Gasteiger charge is 2.56. The molecule has 0 aromatic heterocycles. The van der Waals surface area contributed by atoms with Crippen molar-refractivity contribution in [3.63, 3.8) is 0 Å². The summed E-state index contributed by atoms with van der Waals surface area (Å²) in [5.74, 6) is -1.26. The summed E-state index contributed by atoms with van der Waals surface area (Å²) in [6.07, 6.45) is 1.18. The molecule has 3 unspecified atom stereocenters. The van der Waals surface area contributed by atoms with E-state index >= 15 is 0 Å². The van der Waals surface area contributed by atoms with Crippen LogP contribution in [-0.2, 0) is 9.59 Å². The molecule has 6 heteroatoms. The third-order valence-electron chi connectivity index (χ3n) is 2.96. The Bertz CT molecular complexity index is 307. The van der Waals surface area contributed by atoms with Crippen molar-refractivity contribution in [3.05, 3.63) is 0 Å². The van der Waals surface area contributed by atoms with E-state index in [-0.39, 0.29) is 11.8 Å². The molecule has 1 saturated carbocycles. The first-order valence-electron chi connectivity index (χ1n) is 5.27. The smallest absolute Gasteiger partial charge is 0.240 e. The zero-order valence-corrected chi connectivity index (χ0v) is 10.8. The predicted octanol–water partition coefficient (Wildman–Crippen LogP) is 1.20. The number of hydrogen-bond acceptors (Lipinski definition) is 2. The van der Waals surface area contributed by atoms with Gasteiger partial charge in [0, 0.05) is 0 Å². The van der Waals surface area contributed by atoms with Gasteiger partial charge < -0.3 is 11.1 Å². The SMILES string of the molecule is CCC(C)C(NC(=O)C1CC1(Cl)Cl)C(N)=O. The summed E-state index contributed by atoms with van der Waals surface area (Å²) in [6.45, 7) is 3.79. The van der Waals surface area contributed by atoms with E-state index in [0.29, 0.717) is 6.42 Å². The Hall–Kier alpha value is -0.480. The molecule has 92 valence electrons. The summed E-state index contributed by atoms with van der Waals surface area (Å²) < 4.78 is -0.971. The first kappa shape index (κ1) is 13.6. The molecule has 3 N–H and O–H groups in total. The molecule has 1 aliphatic rings. The van der Waals surface area contributed by atoms with E-state index in [4.69, 9.17) is 28.9 Å². The van der Waals surface area contributed by atoms with Crippen LogP contribution in [0.15, 0.2) is 0 Å². The fraction of sp³-hybridized carbons (Fsp3) is 0.800. The van der Waals surface area contributed by atoms with Crippen LogP contribution in [0.5, 0.6) is 0 Å². The van der Waals surface area contributed by atoms with Gasteiger partial charge >= 0.3 is 0 Å². The molecule has 0 bridgehead atoms. The van der Waals surface area contributed by atoms with E-state index in [0.717, 1.165) is 6.42 Å². The van der Waals surface area contributed by atoms with E-state index < -0.39 is 22.2 Å². The van der Waals surface area contributed by atoms with Crippen molar-refractivity contribution >= 4 is 35.0 Å². The summed E-state index contributed by atoms with van der Waals surface area (Å²) in [4.78, 5) is 22.8. The van der Waals surface area contributed by atoms with Crippen molar-refractivity contribution in [2.24, 2.45) is 17.6 Å². The van der Waals surface area contributed by atoms with Gasteiger partial charge in [0.2, 0.25) is 11.8 Å². The predicted molar refractivity (Wildman–Crippen MR) is 63.1 cm³/mol. The van der Waals surface area contributed by atoms with Crippen LogP contribution in [0.4, 0.5) is 0 Å². The molecule has 0 heterocycles. The van der Waals surface area contributed by atoms with Crippen molar-refractivity contribution in [2.75, 3.05) is 0 Å². The largest absolute Gasteiger partial charge is 0.368 e. The topological polar surface area (TPSA) is 72.2 Å². The number of amides is 2. The average molecular weight is 267 g/mol. The van der Waals surface area contributed by atoms with Crippen LogP contribution >= 0.6 is 23.2 Å². The Kier molecular flexibility index (Phi) is 4.07. The molecule has 2 amide bonds.